The molecular weight excluding hydrogens is 387 g/mol. The number of halogens is 2. The normalized spacial score (nSPS) is 10.2. The number of ether oxygens (including phenoxy) is 1. The third kappa shape index (κ3) is 4.34. The molecule has 0 aliphatic heterocycles. The van der Waals surface area contributed by atoms with E-state index in [1.165, 1.54) is 59.6 Å². The largest absolute Gasteiger partial charge is 0.451 e. The molecule has 0 spiro atoms. The van der Waals surface area contributed by atoms with Crippen LogP contribution in [-0.4, -0.2) is 28.0 Å². The number of benzene rings is 2. The van der Waals surface area contributed by atoms with Gasteiger partial charge in [-0.3, -0.25) is 9.36 Å². The van der Waals surface area contributed by atoms with Crippen LogP contribution in [0.15, 0.2) is 55.0 Å². The molecule has 0 bridgehead atoms. The van der Waals surface area contributed by atoms with Gasteiger partial charge in [0.1, 0.15) is 11.9 Å². The van der Waals surface area contributed by atoms with E-state index in [9.17, 15) is 14.0 Å². The van der Waals surface area contributed by atoms with Crippen molar-refractivity contribution in [2.24, 2.45) is 0 Å². The number of imidazole rings is 1. The summed E-state index contributed by atoms with van der Waals surface area (Å²) in [6, 6.07) is 11.8. The second-order valence-electron chi connectivity index (χ2n) is 5.56. The molecular formula is C19H12ClFN4O3. The number of nitriles is 1. The van der Waals surface area contributed by atoms with Crippen LogP contribution in [0.1, 0.15) is 16.1 Å². The van der Waals surface area contributed by atoms with E-state index < -0.39 is 24.3 Å². The molecule has 0 unspecified atom stereocenters. The average molecular weight is 399 g/mol. The first-order valence-electron chi connectivity index (χ1n) is 7.93. The van der Waals surface area contributed by atoms with Gasteiger partial charge in [0.2, 0.25) is 0 Å². The van der Waals surface area contributed by atoms with Crippen molar-refractivity contribution in [3.05, 3.63) is 77.1 Å². The predicted octanol–water partition coefficient (Wildman–Crippen LogP) is 3.33. The third-order valence-electron chi connectivity index (χ3n) is 3.66. The van der Waals surface area contributed by atoms with Gasteiger partial charge < -0.3 is 10.1 Å². The molecule has 0 saturated carbocycles. The second-order valence-corrected chi connectivity index (χ2v) is 5.96. The number of nitrogens with zero attached hydrogens (tertiary/aromatic N) is 3. The summed E-state index contributed by atoms with van der Waals surface area (Å²) in [5.41, 5.74) is 1.24. The molecule has 0 aliphatic rings. The molecule has 140 valence electrons. The number of carbonyl (C=O) groups is 2. The zero-order valence-electron chi connectivity index (χ0n) is 14.2. The fourth-order valence-corrected chi connectivity index (χ4v) is 2.56. The van der Waals surface area contributed by atoms with Gasteiger partial charge in [-0.05, 0) is 42.5 Å². The van der Waals surface area contributed by atoms with Crippen molar-refractivity contribution in [1.82, 2.24) is 9.55 Å². The van der Waals surface area contributed by atoms with Crippen molar-refractivity contribution in [2.75, 3.05) is 11.9 Å². The Balaban J connectivity index is 1.62. The van der Waals surface area contributed by atoms with Crippen molar-refractivity contribution in [1.29, 1.82) is 5.26 Å². The summed E-state index contributed by atoms with van der Waals surface area (Å²) < 4.78 is 19.5. The molecule has 1 amide bonds. The summed E-state index contributed by atoms with van der Waals surface area (Å²) in [5, 5.41) is 11.5. The standard InChI is InChI=1S/C19H12ClFN4O3/c20-16-7-14(4-1-12(16)8-22)24-18(26)10-28-19(27)17-9-23-11-25(17)15-5-2-13(21)3-6-15/h1-7,9,11H,10H2,(H,24,26). The summed E-state index contributed by atoms with van der Waals surface area (Å²) in [6.07, 6.45) is 2.66. The highest BCUT2D eigenvalue weighted by Crippen LogP contribution is 2.20. The lowest BCUT2D eigenvalue weighted by Crippen LogP contribution is -2.22. The van der Waals surface area contributed by atoms with Gasteiger partial charge in [-0.2, -0.15) is 5.26 Å². The zero-order valence-corrected chi connectivity index (χ0v) is 15.0. The fourth-order valence-electron chi connectivity index (χ4n) is 2.34. The quantitative estimate of drug-likeness (QED) is 0.665. The molecule has 1 heterocycles. The molecule has 0 radical (unpaired) electrons. The number of hydrogen-bond acceptors (Lipinski definition) is 5. The third-order valence-corrected chi connectivity index (χ3v) is 3.97. The van der Waals surface area contributed by atoms with Crippen molar-refractivity contribution < 1.29 is 18.7 Å². The summed E-state index contributed by atoms with van der Waals surface area (Å²) >= 11 is 5.90. The lowest BCUT2D eigenvalue weighted by Gasteiger charge is -2.09. The first-order valence-corrected chi connectivity index (χ1v) is 8.30. The number of anilines is 1. The van der Waals surface area contributed by atoms with Crippen LogP contribution in [0.25, 0.3) is 5.69 Å². The van der Waals surface area contributed by atoms with E-state index >= 15 is 0 Å². The Morgan fingerprint density at radius 2 is 2.00 bits per heavy atom. The van der Waals surface area contributed by atoms with Crippen molar-refractivity contribution >= 4 is 29.2 Å². The van der Waals surface area contributed by atoms with Crippen LogP contribution in [0.4, 0.5) is 10.1 Å². The molecule has 1 aromatic heterocycles. The van der Waals surface area contributed by atoms with E-state index in [2.05, 4.69) is 10.3 Å². The minimum atomic E-state index is -0.769. The lowest BCUT2D eigenvalue weighted by molar-refractivity contribution is -0.119. The summed E-state index contributed by atoms with van der Waals surface area (Å²) in [6.45, 7) is -0.537. The van der Waals surface area contributed by atoms with E-state index in [4.69, 9.17) is 21.6 Å². The molecule has 9 heteroatoms. The fraction of sp³-hybridized carbons (Fsp3) is 0.0526. The highest BCUT2D eigenvalue weighted by atomic mass is 35.5. The van der Waals surface area contributed by atoms with E-state index in [0.29, 0.717) is 11.4 Å². The molecule has 1 N–H and O–H groups in total. The van der Waals surface area contributed by atoms with Gasteiger partial charge in [0, 0.05) is 11.4 Å². The van der Waals surface area contributed by atoms with Crippen LogP contribution >= 0.6 is 11.6 Å². The maximum Gasteiger partial charge on any atom is 0.357 e. The van der Waals surface area contributed by atoms with Gasteiger partial charge in [-0.25, -0.2) is 14.2 Å². The first kappa shape index (κ1) is 19.1. The van der Waals surface area contributed by atoms with Crippen LogP contribution in [0.3, 0.4) is 0 Å². The molecule has 0 fully saturated rings. The van der Waals surface area contributed by atoms with Crippen LogP contribution in [0, 0.1) is 17.1 Å². The molecule has 3 aromatic rings. The highest BCUT2D eigenvalue weighted by molar-refractivity contribution is 6.32. The van der Waals surface area contributed by atoms with E-state index in [-0.39, 0.29) is 16.3 Å². The van der Waals surface area contributed by atoms with Crippen LogP contribution < -0.4 is 5.32 Å². The molecule has 0 aliphatic carbocycles. The van der Waals surface area contributed by atoms with Crippen molar-refractivity contribution in [3.63, 3.8) is 0 Å². The van der Waals surface area contributed by atoms with Crippen LogP contribution in [0.2, 0.25) is 5.02 Å². The first-order chi connectivity index (χ1) is 13.5. The Bertz CT molecular complexity index is 1070. The molecule has 0 atom stereocenters. The van der Waals surface area contributed by atoms with Gasteiger partial charge in [-0.15, -0.1) is 0 Å². The Kier molecular flexibility index (Phi) is 5.67. The molecule has 28 heavy (non-hydrogen) atoms. The van der Waals surface area contributed by atoms with Gasteiger partial charge >= 0.3 is 5.97 Å². The summed E-state index contributed by atoms with van der Waals surface area (Å²) in [7, 11) is 0. The maximum atomic E-state index is 13.1. The molecule has 7 nitrogen and oxygen atoms in total. The monoisotopic (exact) mass is 398 g/mol. The van der Waals surface area contributed by atoms with Crippen molar-refractivity contribution in [3.8, 4) is 11.8 Å². The summed E-state index contributed by atoms with van der Waals surface area (Å²) in [5.74, 6) is -1.76. The van der Waals surface area contributed by atoms with E-state index in [1.54, 1.807) is 0 Å². The number of esters is 1. The van der Waals surface area contributed by atoms with Crippen LogP contribution in [-0.2, 0) is 9.53 Å². The minimum absolute atomic E-state index is 0.0841. The number of aromatic nitrogens is 2. The van der Waals surface area contributed by atoms with Gasteiger partial charge in [0.25, 0.3) is 5.91 Å². The Morgan fingerprint density at radius 3 is 2.68 bits per heavy atom. The van der Waals surface area contributed by atoms with Gasteiger partial charge in [0.15, 0.2) is 12.3 Å². The highest BCUT2D eigenvalue weighted by Gasteiger charge is 2.16. The summed E-state index contributed by atoms with van der Waals surface area (Å²) in [4.78, 5) is 28.1. The molecule has 3 rings (SSSR count). The minimum Gasteiger partial charge on any atom is -0.451 e. The average Bonchev–Trinajstić information content (AvgIpc) is 3.17. The Morgan fingerprint density at radius 1 is 1.25 bits per heavy atom. The topological polar surface area (TPSA) is 97.0 Å². The Labute approximate surface area is 163 Å². The van der Waals surface area contributed by atoms with Crippen molar-refractivity contribution in [2.45, 2.75) is 0 Å². The number of amides is 1. The van der Waals surface area contributed by atoms with Gasteiger partial charge in [0.05, 0.1) is 23.1 Å². The number of nitrogens with one attached hydrogen (secondary N) is 1. The maximum absolute atomic E-state index is 13.1. The van der Waals surface area contributed by atoms with E-state index in [1.807, 2.05) is 6.07 Å². The Hall–Kier alpha value is -3.70. The number of rotatable bonds is 5. The van der Waals surface area contributed by atoms with E-state index in [0.717, 1.165) is 0 Å². The van der Waals surface area contributed by atoms with Gasteiger partial charge in [-0.1, -0.05) is 11.6 Å². The second kappa shape index (κ2) is 8.33. The smallest absolute Gasteiger partial charge is 0.357 e. The molecule has 0 saturated heterocycles. The SMILES string of the molecule is N#Cc1ccc(NC(=O)COC(=O)c2cncn2-c2ccc(F)cc2)cc1Cl. The number of hydrogen-bond donors (Lipinski definition) is 1. The molecule has 2 aromatic carbocycles. The predicted molar refractivity (Wildman–Crippen MR) is 98.6 cm³/mol. The van der Waals surface area contributed by atoms with Crippen LogP contribution in [0.5, 0.6) is 0 Å². The number of carbonyl (C=O) groups excluding carboxylic acids is 2. The lowest BCUT2D eigenvalue weighted by atomic mass is 10.2. The zero-order chi connectivity index (χ0) is 20.1.